The second-order valence-electron chi connectivity index (χ2n) is 7.89. The molecule has 134 valence electrons. The van der Waals surface area contributed by atoms with Crippen LogP contribution in [0.15, 0.2) is 24.3 Å². The molecule has 0 saturated heterocycles. The zero-order valence-corrected chi connectivity index (χ0v) is 15.3. The van der Waals surface area contributed by atoms with Gasteiger partial charge in [0.1, 0.15) is 11.4 Å². The summed E-state index contributed by atoms with van der Waals surface area (Å²) in [6.45, 7) is 10.6. The third kappa shape index (κ3) is 3.07. The Labute approximate surface area is 144 Å². The molecule has 0 bridgehead atoms. The lowest BCUT2D eigenvalue weighted by molar-refractivity contribution is -0.170. The van der Waals surface area contributed by atoms with Crippen LogP contribution in [0.1, 0.15) is 46.6 Å². The predicted octanol–water partition coefficient (Wildman–Crippen LogP) is 2.75. The van der Waals surface area contributed by atoms with Crippen molar-refractivity contribution in [2.75, 3.05) is 13.2 Å². The van der Waals surface area contributed by atoms with Gasteiger partial charge in [0.15, 0.2) is 0 Å². The van der Waals surface area contributed by atoms with Crippen molar-refractivity contribution < 1.29 is 13.9 Å². The van der Waals surface area contributed by atoms with Crippen LogP contribution in [0.4, 0.5) is 4.39 Å². The highest BCUT2D eigenvalue weighted by Gasteiger charge is 2.62. The van der Waals surface area contributed by atoms with E-state index in [0.717, 1.165) is 0 Å². The van der Waals surface area contributed by atoms with E-state index in [1.54, 1.807) is 18.2 Å². The van der Waals surface area contributed by atoms with Crippen molar-refractivity contribution in [3.8, 4) is 0 Å². The maximum atomic E-state index is 14.0. The quantitative estimate of drug-likeness (QED) is 0.839. The Hall–Kier alpha value is -1.46. The van der Waals surface area contributed by atoms with E-state index < -0.39 is 16.4 Å². The highest BCUT2D eigenvalue weighted by atomic mass is 19.1. The second kappa shape index (κ2) is 6.45. The third-order valence-corrected chi connectivity index (χ3v) is 5.53. The van der Waals surface area contributed by atoms with Crippen LogP contribution >= 0.6 is 0 Å². The first-order chi connectivity index (χ1) is 11.1. The fraction of sp³-hybridized carbons (Fsp3) is 0.632. The van der Waals surface area contributed by atoms with E-state index in [4.69, 9.17) is 10.5 Å². The van der Waals surface area contributed by atoms with Crippen LogP contribution < -0.4 is 11.1 Å². The Morgan fingerprint density at radius 3 is 2.58 bits per heavy atom. The van der Waals surface area contributed by atoms with Crippen molar-refractivity contribution in [3.05, 3.63) is 35.6 Å². The molecule has 1 fully saturated rings. The van der Waals surface area contributed by atoms with Crippen LogP contribution in [-0.2, 0) is 14.9 Å². The van der Waals surface area contributed by atoms with E-state index in [0.29, 0.717) is 25.1 Å². The van der Waals surface area contributed by atoms with Crippen molar-refractivity contribution in [1.82, 2.24) is 5.32 Å². The summed E-state index contributed by atoms with van der Waals surface area (Å²) in [5, 5.41) is 2.92. The molecular formula is C19H29FN2O2. The maximum absolute atomic E-state index is 14.0. The molecule has 0 radical (unpaired) electrons. The summed E-state index contributed by atoms with van der Waals surface area (Å²) >= 11 is 0. The molecule has 5 heteroatoms. The van der Waals surface area contributed by atoms with E-state index in [1.807, 2.05) is 34.6 Å². The minimum absolute atomic E-state index is 0.0159. The minimum Gasteiger partial charge on any atom is -0.378 e. The lowest BCUT2D eigenvalue weighted by atomic mass is 9.54. The fourth-order valence-electron chi connectivity index (χ4n) is 3.38. The molecule has 1 aliphatic carbocycles. The molecule has 0 aliphatic heterocycles. The molecule has 0 heterocycles. The monoisotopic (exact) mass is 336 g/mol. The van der Waals surface area contributed by atoms with Gasteiger partial charge >= 0.3 is 0 Å². The normalized spacial score (nSPS) is 25.9. The van der Waals surface area contributed by atoms with Gasteiger partial charge in [-0.1, -0.05) is 45.9 Å². The molecular weight excluding hydrogens is 307 g/mol. The Morgan fingerprint density at radius 2 is 2.04 bits per heavy atom. The predicted molar refractivity (Wildman–Crippen MR) is 93.2 cm³/mol. The number of hydrogen-bond acceptors (Lipinski definition) is 3. The molecule has 2 unspecified atom stereocenters. The lowest BCUT2D eigenvalue weighted by Crippen LogP contribution is -2.76. The summed E-state index contributed by atoms with van der Waals surface area (Å²) in [6, 6.07) is 6.64. The molecule has 24 heavy (non-hydrogen) atoms. The van der Waals surface area contributed by atoms with Crippen LogP contribution in [0.3, 0.4) is 0 Å². The van der Waals surface area contributed by atoms with Crippen molar-refractivity contribution >= 4 is 5.91 Å². The summed E-state index contributed by atoms with van der Waals surface area (Å²) in [5.74, 6) is -0.465. The largest absolute Gasteiger partial charge is 0.378 e. The number of ether oxygens (including phenoxy) is 1. The average Bonchev–Trinajstić information content (AvgIpc) is 2.52. The number of hydrogen-bond donors (Lipinski definition) is 2. The van der Waals surface area contributed by atoms with Crippen molar-refractivity contribution in [2.24, 2.45) is 11.1 Å². The van der Waals surface area contributed by atoms with Gasteiger partial charge in [0.25, 0.3) is 0 Å². The van der Waals surface area contributed by atoms with Crippen LogP contribution in [0.2, 0.25) is 0 Å². The van der Waals surface area contributed by atoms with Gasteiger partial charge in [0.2, 0.25) is 5.91 Å². The molecule has 0 aromatic heterocycles. The van der Waals surface area contributed by atoms with Gasteiger partial charge in [-0.25, -0.2) is 4.39 Å². The molecule has 1 saturated carbocycles. The smallest absolute Gasteiger partial charge is 0.240 e. The Kier molecular flexibility index (Phi) is 5.07. The van der Waals surface area contributed by atoms with Crippen LogP contribution in [0.25, 0.3) is 0 Å². The zero-order chi connectivity index (χ0) is 18.2. The number of carbonyl (C=O) groups is 1. The highest BCUT2D eigenvalue weighted by molar-refractivity contribution is 5.88. The Balaban J connectivity index is 2.05. The summed E-state index contributed by atoms with van der Waals surface area (Å²) in [7, 11) is 0. The maximum Gasteiger partial charge on any atom is 0.240 e. The standard InChI is InChI=1S/C19H29FN2O2/c1-6-24-15-11-19(21,18(15,4)5)16(23)22-12-17(2,3)13-9-7-8-10-14(13)20/h7-10,15H,6,11-12,21H2,1-5H3,(H,22,23). The van der Waals surface area contributed by atoms with Crippen molar-refractivity contribution in [1.29, 1.82) is 0 Å². The van der Waals surface area contributed by atoms with Gasteiger partial charge in [-0.2, -0.15) is 0 Å². The number of benzene rings is 1. The first-order valence-electron chi connectivity index (χ1n) is 8.50. The number of carbonyl (C=O) groups excluding carboxylic acids is 1. The SMILES string of the molecule is CCOC1CC(N)(C(=O)NCC(C)(C)c2ccccc2F)C1(C)C. The summed E-state index contributed by atoms with van der Waals surface area (Å²) in [5.41, 5.74) is 5.04. The summed E-state index contributed by atoms with van der Waals surface area (Å²) in [6.07, 6.45) is 0.484. The number of nitrogens with one attached hydrogen (secondary N) is 1. The summed E-state index contributed by atoms with van der Waals surface area (Å²) in [4.78, 5) is 12.7. The molecule has 1 aromatic carbocycles. The van der Waals surface area contributed by atoms with E-state index in [9.17, 15) is 9.18 Å². The van der Waals surface area contributed by atoms with Gasteiger partial charge < -0.3 is 15.8 Å². The minimum atomic E-state index is -0.960. The van der Waals surface area contributed by atoms with Crippen molar-refractivity contribution in [2.45, 2.75) is 58.1 Å². The number of nitrogens with two attached hydrogens (primary N) is 1. The Morgan fingerprint density at radius 1 is 1.42 bits per heavy atom. The van der Waals surface area contributed by atoms with E-state index in [-0.39, 0.29) is 17.8 Å². The lowest BCUT2D eigenvalue weighted by Gasteiger charge is -2.57. The van der Waals surface area contributed by atoms with Gasteiger partial charge in [-0.15, -0.1) is 0 Å². The van der Waals surface area contributed by atoms with E-state index in [1.165, 1.54) is 6.07 Å². The molecule has 3 N–H and O–H groups in total. The van der Waals surface area contributed by atoms with Gasteiger partial charge in [-0.05, 0) is 18.6 Å². The zero-order valence-electron chi connectivity index (χ0n) is 15.3. The number of amides is 1. The Bertz CT molecular complexity index is 615. The van der Waals surface area contributed by atoms with Gasteiger partial charge in [0, 0.05) is 30.4 Å². The van der Waals surface area contributed by atoms with E-state index in [2.05, 4.69) is 5.32 Å². The summed E-state index contributed by atoms with van der Waals surface area (Å²) < 4.78 is 19.7. The molecule has 1 aliphatic rings. The number of rotatable bonds is 6. The van der Waals surface area contributed by atoms with Gasteiger partial charge in [-0.3, -0.25) is 4.79 Å². The number of halogens is 1. The molecule has 4 nitrogen and oxygen atoms in total. The van der Waals surface area contributed by atoms with Crippen LogP contribution in [0.5, 0.6) is 0 Å². The topological polar surface area (TPSA) is 64.3 Å². The molecule has 0 spiro atoms. The fourth-order valence-corrected chi connectivity index (χ4v) is 3.38. The first-order valence-corrected chi connectivity index (χ1v) is 8.50. The molecule has 2 atom stereocenters. The van der Waals surface area contributed by atoms with Gasteiger partial charge in [0.05, 0.1) is 6.10 Å². The molecule has 2 rings (SSSR count). The second-order valence-corrected chi connectivity index (χ2v) is 7.89. The highest BCUT2D eigenvalue weighted by Crippen LogP contribution is 2.49. The van der Waals surface area contributed by atoms with Crippen LogP contribution in [0, 0.1) is 11.2 Å². The van der Waals surface area contributed by atoms with Crippen molar-refractivity contribution in [3.63, 3.8) is 0 Å². The average molecular weight is 336 g/mol. The van der Waals surface area contributed by atoms with E-state index >= 15 is 0 Å². The third-order valence-electron chi connectivity index (χ3n) is 5.53. The molecule has 1 amide bonds. The first kappa shape index (κ1) is 18.9. The van der Waals surface area contributed by atoms with Crippen LogP contribution in [-0.4, -0.2) is 30.7 Å². The molecule has 1 aromatic rings.